The summed E-state index contributed by atoms with van der Waals surface area (Å²) < 4.78 is 4.69. The monoisotopic (exact) mass is 168 g/mol. The van der Waals surface area contributed by atoms with E-state index < -0.39 is 0 Å². The van der Waals surface area contributed by atoms with Gasteiger partial charge in [0.15, 0.2) is 4.77 Å². The Balaban J connectivity index is 3.11. The third-order valence-electron chi connectivity index (χ3n) is 0.962. The molecule has 0 aromatic carbocycles. The van der Waals surface area contributed by atoms with E-state index in [-0.39, 0.29) is 16.3 Å². The van der Waals surface area contributed by atoms with Crippen LogP contribution in [-0.4, -0.2) is 9.97 Å². The molecule has 1 rings (SSSR count). The number of nitrogen functional groups attached to an aromatic ring is 1. The molecule has 0 saturated heterocycles. The van der Waals surface area contributed by atoms with Gasteiger partial charge < -0.3 is 15.5 Å². The van der Waals surface area contributed by atoms with Gasteiger partial charge in [-0.05, 0) is 12.2 Å². The van der Waals surface area contributed by atoms with Crippen LogP contribution < -0.4 is 10.5 Å². The summed E-state index contributed by atoms with van der Waals surface area (Å²) in [6.45, 7) is 0. The van der Waals surface area contributed by atoms with E-state index in [1.165, 1.54) is 12.5 Å². The maximum atomic E-state index is 8.12. The van der Waals surface area contributed by atoms with Crippen LogP contribution in [-0.2, 0) is 0 Å². The number of rotatable bonds is 1. The molecule has 0 atom stereocenters. The van der Waals surface area contributed by atoms with E-state index in [0.29, 0.717) is 0 Å². The first kappa shape index (κ1) is 7.50. The van der Waals surface area contributed by atoms with E-state index in [9.17, 15) is 0 Å². The van der Waals surface area contributed by atoms with Gasteiger partial charge in [0.1, 0.15) is 5.82 Å². The van der Waals surface area contributed by atoms with Crippen LogP contribution in [0.25, 0.3) is 0 Å². The fourth-order valence-electron chi connectivity index (χ4n) is 0.526. The van der Waals surface area contributed by atoms with Gasteiger partial charge in [0, 0.05) is 0 Å². The summed E-state index contributed by atoms with van der Waals surface area (Å²) in [4.78, 5) is 6.19. The third-order valence-corrected chi connectivity index (χ3v) is 1.17. The van der Waals surface area contributed by atoms with Crippen LogP contribution in [0, 0.1) is 16.3 Å². The minimum atomic E-state index is 0.182. The Labute approximate surface area is 67.4 Å². The minimum absolute atomic E-state index is 0.182. The molecule has 1 aromatic rings. The second-order valence-corrected chi connectivity index (χ2v) is 2.05. The highest BCUT2D eigenvalue weighted by Crippen LogP contribution is 2.14. The lowest BCUT2D eigenvalue weighted by Crippen LogP contribution is -1.96. The zero-order valence-corrected chi connectivity index (χ0v) is 6.18. The highest BCUT2D eigenvalue weighted by molar-refractivity contribution is 7.71. The first-order valence-corrected chi connectivity index (χ1v) is 3.05. The topological polar surface area (TPSA) is 87.7 Å². The van der Waals surface area contributed by atoms with E-state index in [4.69, 9.17) is 11.0 Å². The highest BCUT2D eigenvalue weighted by Gasteiger charge is 1.98. The SMILES string of the molecule is N#COc1cnc(=S)[nH]c1N. The van der Waals surface area contributed by atoms with Gasteiger partial charge in [-0.25, -0.2) is 4.98 Å². The van der Waals surface area contributed by atoms with Crippen molar-refractivity contribution in [1.29, 1.82) is 5.26 Å². The molecule has 11 heavy (non-hydrogen) atoms. The summed E-state index contributed by atoms with van der Waals surface area (Å²) in [7, 11) is 0. The molecule has 0 amide bonds. The Morgan fingerprint density at radius 3 is 3.09 bits per heavy atom. The standard InChI is InChI=1S/C5H4N4OS/c6-2-10-3-1-8-5(11)9-4(3)7/h1H,(H3,7,8,9,11). The van der Waals surface area contributed by atoms with Gasteiger partial charge in [0.2, 0.25) is 5.75 Å². The number of nitrogens with two attached hydrogens (primary N) is 1. The molecule has 0 unspecified atom stereocenters. The Bertz CT molecular complexity index is 352. The predicted molar refractivity (Wildman–Crippen MR) is 40.1 cm³/mol. The molecular weight excluding hydrogens is 164 g/mol. The van der Waals surface area contributed by atoms with Gasteiger partial charge in [-0.15, -0.1) is 5.26 Å². The molecule has 0 fully saturated rings. The number of hydrogen-bond acceptors (Lipinski definition) is 5. The molecule has 1 heterocycles. The van der Waals surface area contributed by atoms with Crippen LogP contribution in [0.15, 0.2) is 6.20 Å². The number of nitriles is 1. The fraction of sp³-hybridized carbons (Fsp3) is 0. The molecule has 0 bridgehead atoms. The number of hydrogen-bond donors (Lipinski definition) is 2. The summed E-state index contributed by atoms with van der Waals surface area (Å²) in [6.07, 6.45) is 2.76. The molecule has 1 aromatic heterocycles. The Hall–Kier alpha value is -1.61. The lowest BCUT2D eigenvalue weighted by Gasteiger charge is -1.97. The van der Waals surface area contributed by atoms with Gasteiger partial charge in [-0.1, -0.05) is 0 Å². The number of aromatic amines is 1. The summed E-state index contributed by atoms with van der Waals surface area (Å²) in [5, 5.41) is 8.12. The van der Waals surface area contributed by atoms with E-state index in [1.807, 2.05) is 0 Å². The lowest BCUT2D eigenvalue weighted by molar-refractivity contribution is 0.504. The van der Waals surface area contributed by atoms with Crippen molar-refractivity contribution >= 4 is 18.0 Å². The van der Waals surface area contributed by atoms with Crippen molar-refractivity contribution in [3.05, 3.63) is 11.0 Å². The number of aromatic nitrogens is 2. The van der Waals surface area contributed by atoms with Gasteiger partial charge >= 0.3 is 0 Å². The summed E-state index contributed by atoms with van der Waals surface area (Å²) in [5.74, 6) is 0.382. The second-order valence-electron chi connectivity index (χ2n) is 1.66. The van der Waals surface area contributed by atoms with Crippen LogP contribution in [0.2, 0.25) is 0 Å². The van der Waals surface area contributed by atoms with E-state index in [2.05, 4.69) is 26.9 Å². The van der Waals surface area contributed by atoms with E-state index >= 15 is 0 Å². The van der Waals surface area contributed by atoms with Crippen LogP contribution in [0.5, 0.6) is 5.75 Å². The molecule has 0 radical (unpaired) electrons. The maximum Gasteiger partial charge on any atom is 0.292 e. The van der Waals surface area contributed by atoms with Crippen LogP contribution >= 0.6 is 12.2 Å². The predicted octanol–water partition coefficient (Wildman–Crippen LogP) is 0.581. The minimum Gasteiger partial charge on any atom is -0.382 e. The van der Waals surface area contributed by atoms with Crippen molar-refractivity contribution in [2.75, 3.05) is 5.73 Å². The molecule has 0 aliphatic carbocycles. The highest BCUT2D eigenvalue weighted by atomic mass is 32.1. The quantitative estimate of drug-likeness (QED) is 0.473. The molecule has 0 aliphatic rings. The molecule has 3 N–H and O–H groups in total. The number of nitrogens with one attached hydrogen (secondary N) is 1. The van der Waals surface area contributed by atoms with Crippen LogP contribution in [0.3, 0.4) is 0 Å². The largest absolute Gasteiger partial charge is 0.382 e. The van der Waals surface area contributed by atoms with Gasteiger partial charge in [-0.2, -0.15) is 0 Å². The normalized spacial score (nSPS) is 8.64. The number of H-pyrrole nitrogens is 1. The first-order chi connectivity index (χ1) is 5.24. The molecule has 0 saturated carbocycles. The molecule has 56 valence electrons. The van der Waals surface area contributed by atoms with Gasteiger partial charge in [-0.3, -0.25) is 0 Å². The fourth-order valence-corrected chi connectivity index (χ4v) is 0.689. The molecule has 0 spiro atoms. The van der Waals surface area contributed by atoms with Crippen molar-refractivity contribution in [2.24, 2.45) is 0 Å². The molecule has 0 aliphatic heterocycles. The average Bonchev–Trinajstić information content (AvgIpc) is 1.95. The Morgan fingerprint density at radius 2 is 2.55 bits per heavy atom. The first-order valence-electron chi connectivity index (χ1n) is 2.65. The van der Waals surface area contributed by atoms with E-state index in [0.717, 1.165) is 0 Å². The second kappa shape index (κ2) is 2.98. The average molecular weight is 168 g/mol. The molecular formula is C5H4N4OS. The van der Waals surface area contributed by atoms with E-state index in [1.54, 1.807) is 0 Å². The number of ether oxygens (including phenoxy) is 1. The summed E-state index contributed by atoms with van der Waals surface area (Å²) in [5.41, 5.74) is 5.37. The Kier molecular flexibility index (Phi) is 2.03. The molecule has 6 heteroatoms. The van der Waals surface area contributed by atoms with Crippen LogP contribution in [0.4, 0.5) is 5.82 Å². The van der Waals surface area contributed by atoms with Gasteiger partial charge in [0.25, 0.3) is 6.26 Å². The van der Waals surface area contributed by atoms with Crippen molar-refractivity contribution in [3.8, 4) is 12.0 Å². The molecule has 5 nitrogen and oxygen atoms in total. The zero-order chi connectivity index (χ0) is 8.27. The van der Waals surface area contributed by atoms with Crippen molar-refractivity contribution in [3.63, 3.8) is 0 Å². The zero-order valence-electron chi connectivity index (χ0n) is 5.37. The summed E-state index contributed by atoms with van der Waals surface area (Å²) >= 11 is 4.66. The Morgan fingerprint density at radius 1 is 1.82 bits per heavy atom. The number of nitrogens with zero attached hydrogens (tertiary/aromatic N) is 2. The summed E-state index contributed by atoms with van der Waals surface area (Å²) in [6, 6.07) is 0. The smallest absolute Gasteiger partial charge is 0.292 e. The number of anilines is 1. The lowest BCUT2D eigenvalue weighted by atomic mass is 10.5. The van der Waals surface area contributed by atoms with Crippen molar-refractivity contribution in [1.82, 2.24) is 9.97 Å². The van der Waals surface area contributed by atoms with Crippen molar-refractivity contribution < 1.29 is 4.74 Å². The third kappa shape index (κ3) is 1.65. The van der Waals surface area contributed by atoms with Crippen LogP contribution in [0.1, 0.15) is 0 Å². The van der Waals surface area contributed by atoms with Gasteiger partial charge in [0.05, 0.1) is 6.20 Å². The maximum absolute atomic E-state index is 8.12. The van der Waals surface area contributed by atoms with Crippen molar-refractivity contribution in [2.45, 2.75) is 0 Å².